The number of hydrazone groups is 1. The minimum absolute atomic E-state index is 0.0672. The smallest absolute Gasteiger partial charge is 0.362 e. The highest BCUT2D eigenvalue weighted by atomic mass is 79.9. The lowest BCUT2D eigenvalue weighted by Crippen LogP contribution is -2.56. The van der Waals surface area contributed by atoms with Gasteiger partial charge in [0.1, 0.15) is 0 Å². The van der Waals surface area contributed by atoms with Crippen molar-refractivity contribution < 1.29 is 28.0 Å². The molecule has 7 nitrogen and oxygen atoms in total. The topological polar surface area (TPSA) is 96.0 Å². The average molecular weight is 458 g/mol. The summed E-state index contributed by atoms with van der Waals surface area (Å²) in [7, 11) is 0. The van der Waals surface area contributed by atoms with Gasteiger partial charge < -0.3 is 5.11 Å². The minimum atomic E-state index is -5.21. The van der Waals surface area contributed by atoms with Crippen LogP contribution in [0.1, 0.15) is 22.3 Å². The first-order valence-electron chi connectivity index (χ1n) is 7.74. The Bertz CT molecular complexity index is 996. The molecule has 11 heteroatoms. The van der Waals surface area contributed by atoms with Crippen molar-refractivity contribution in [2.75, 3.05) is 0 Å². The summed E-state index contributed by atoms with van der Waals surface area (Å²) in [5.74, 6) is -1.31. The maximum absolute atomic E-state index is 13.6. The van der Waals surface area contributed by atoms with E-state index in [2.05, 4.69) is 21.0 Å². The fraction of sp³-hybridized carbons (Fsp3) is 0.176. The van der Waals surface area contributed by atoms with Gasteiger partial charge in [0.05, 0.1) is 17.1 Å². The molecule has 0 unspecified atom stereocenters. The molecule has 2 aromatic rings. The van der Waals surface area contributed by atoms with Gasteiger partial charge in [0.25, 0.3) is 17.3 Å². The van der Waals surface area contributed by atoms with Crippen LogP contribution in [0, 0.1) is 10.1 Å². The van der Waals surface area contributed by atoms with Crippen LogP contribution in [0.2, 0.25) is 0 Å². The van der Waals surface area contributed by atoms with Gasteiger partial charge >= 0.3 is 6.18 Å². The Morgan fingerprint density at radius 3 is 2.54 bits per heavy atom. The van der Waals surface area contributed by atoms with Crippen LogP contribution in [0.4, 0.5) is 18.9 Å². The first-order valence-corrected chi connectivity index (χ1v) is 8.54. The summed E-state index contributed by atoms with van der Waals surface area (Å²) in [5, 5.41) is 24.8. The second-order valence-corrected chi connectivity index (χ2v) is 6.89. The van der Waals surface area contributed by atoms with Crippen molar-refractivity contribution in [1.82, 2.24) is 5.01 Å². The van der Waals surface area contributed by atoms with Crippen LogP contribution in [-0.4, -0.2) is 38.6 Å². The molecule has 1 heterocycles. The second kappa shape index (κ2) is 6.99. The highest BCUT2D eigenvalue weighted by molar-refractivity contribution is 9.10. The minimum Gasteiger partial charge on any atom is -0.362 e. The Balaban J connectivity index is 2.07. The number of nitro groups is 1. The highest BCUT2D eigenvalue weighted by Crippen LogP contribution is 2.42. The molecule has 1 aliphatic rings. The van der Waals surface area contributed by atoms with Crippen LogP contribution < -0.4 is 0 Å². The Hall–Kier alpha value is -2.79. The number of nitrogens with zero attached hydrogens (tertiary/aromatic N) is 3. The SMILES string of the molecule is O=C(c1cccc([N+](=O)[O-])c1)N1N=C(c2cccc(Br)c2)C[C@@]1(O)C(F)(F)F. The van der Waals surface area contributed by atoms with E-state index in [-0.39, 0.29) is 16.3 Å². The zero-order chi connectivity index (χ0) is 20.7. The van der Waals surface area contributed by atoms with Gasteiger partial charge in [0.2, 0.25) is 0 Å². The molecular weight excluding hydrogens is 447 g/mol. The molecule has 1 N–H and O–H groups in total. The number of aliphatic hydroxyl groups is 1. The van der Waals surface area contributed by atoms with Crippen molar-refractivity contribution in [1.29, 1.82) is 0 Å². The molecule has 146 valence electrons. The Labute approximate surface area is 164 Å². The van der Waals surface area contributed by atoms with E-state index in [4.69, 9.17) is 0 Å². The number of hydrogen-bond acceptors (Lipinski definition) is 5. The van der Waals surface area contributed by atoms with Gasteiger partial charge in [-0.15, -0.1) is 0 Å². The van der Waals surface area contributed by atoms with Crippen molar-refractivity contribution in [2.24, 2.45) is 5.10 Å². The Kier molecular flexibility index (Phi) is 4.98. The molecule has 0 fully saturated rings. The molecule has 0 saturated heterocycles. The molecule has 0 radical (unpaired) electrons. The molecule has 3 rings (SSSR count). The number of carbonyl (C=O) groups is 1. The number of nitro benzene ring substituents is 1. The fourth-order valence-corrected chi connectivity index (χ4v) is 3.08. The molecular formula is C17H11BrF3N3O4. The molecule has 1 atom stereocenters. The van der Waals surface area contributed by atoms with E-state index < -0.39 is 40.4 Å². The maximum atomic E-state index is 13.6. The van der Waals surface area contributed by atoms with Gasteiger partial charge in [-0.25, -0.2) is 0 Å². The molecule has 0 saturated carbocycles. The summed E-state index contributed by atoms with van der Waals surface area (Å²) in [4.78, 5) is 22.7. The van der Waals surface area contributed by atoms with Crippen molar-refractivity contribution in [3.63, 3.8) is 0 Å². The number of rotatable bonds is 3. The Morgan fingerprint density at radius 2 is 1.93 bits per heavy atom. The molecule has 1 aliphatic heterocycles. The number of halogens is 4. The molecule has 1 amide bonds. The van der Waals surface area contributed by atoms with Crippen molar-refractivity contribution in [3.05, 3.63) is 74.2 Å². The van der Waals surface area contributed by atoms with Crippen molar-refractivity contribution in [2.45, 2.75) is 18.3 Å². The van der Waals surface area contributed by atoms with E-state index in [1.807, 2.05) is 0 Å². The predicted octanol–water partition coefficient (Wildman–Crippen LogP) is 3.86. The third-order valence-electron chi connectivity index (χ3n) is 4.09. The van der Waals surface area contributed by atoms with Gasteiger partial charge in [-0.2, -0.15) is 23.3 Å². The fourth-order valence-electron chi connectivity index (χ4n) is 2.68. The summed E-state index contributed by atoms with van der Waals surface area (Å²) in [6.07, 6.45) is -6.19. The summed E-state index contributed by atoms with van der Waals surface area (Å²) in [6.45, 7) is 0. The lowest BCUT2D eigenvalue weighted by molar-refractivity contribution is -0.384. The summed E-state index contributed by atoms with van der Waals surface area (Å²) in [5.41, 5.74) is -4.33. The van der Waals surface area contributed by atoms with Crippen LogP contribution >= 0.6 is 15.9 Å². The van der Waals surface area contributed by atoms with Gasteiger partial charge in [0, 0.05) is 22.2 Å². The van der Waals surface area contributed by atoms with Crippen LogP contribution in [0.3, 0.4) is 0 Å². The van der Waals surface area contributed by atoms with E-state index in [0.717, 1.165) is 24.3 Å². The van der Waals surface area contributed by atoms with Crippen LogP contribution in [0.5, 0.6) is 0 Å². The molecule has 28 heavy (non-hydrogen) atoms. The quantitative estimate of drug-likeness (QED) is 0.558. The normalized spacial score (nSPS) is 19.5. The van der Waals surface area contributed by atoms with E-state index in [1.54, 1.807) is 12.1 Å². The van der Waals surface area contributed by atoms with Crippen molar-refractivity contribution >= 4 is 33.2 Å². The number of alkyl halides is 3. The van der Waals surface area contributed by atoms with Crippen LogP contribution in [0.25, 0.3) is 0 Å². The average Bonchev–Trinajstić information content (AvgIpc) is 3.00. The zero-order valence-corrected chi connectivity index (χ0v) is 15.4. The van der Waals surface area contributed by atoms with Crippen LogP contribution in [-0.2, 0) is 0 Å². The summed E-state index contributed by atoms with van der Waals surface area (Å²) in [6, 6.07) is 10.4. The molecule has 2 aromatic carbocycles. The molecule has 0 aromatic heterocycles. The first-order chi connectivity index (χ1) is 13.0. The van der Waals surface area contributed by atoms with Gasteiger partial charge in [-0.1, -0.05) is 34.1 Å². The number of benzene rings is 2. The predicted molar refractivity (Wildman–Crippen MR) is 95.6 cm³/mol. The number of carbonyl (C=O) groups excluding carboxylic acids is 1. The van der Waals surface area contributed by atoms with Gasteiger partial charge in [-0.05, 0) is 23.8 Å². The first kappa shape index (κ1) is 20.0. The van der Waals surface area contributed by atoms with E-state index in [9.17, 15) is 33.2 Å². The van der Waals surface area contributed by atoms with Crippen molar-refractivity contribution in [3.8, 4) is 0 Å². The summed E-state index contributed by atoms with van der Waals surface area (Å²) >= 11 is 3.20. The number of non-ortho nitro benzene ring substituents is 1. The number of amides is 1. The Morgan fingerprint density at radius 1 is 1.25 bits per heavy atom. The monoisotopic (exact) mass is 457 g/mol. The lowest BCUT2D eigenvalue weighted by Gasteiger charge is -2.32. The largest absolute Gasteiger partial charge is 0.438 e. The van der Waals surface area contributed by atoms with Crippen LogP contribution in [0.15, 0.2) is 58.1 Å². The van der Waals surface area contributed by atoms with E-state index in [0.29, 0.717) is 4.47 Å². The van der Waals surface area contributed by atoms with Gasteiger partial charge in [0.15, 0.2) is 0 Å². The van der Waals surface area contributed by atoms with E-state index in [1.165, 1.54) is 12.1 Å². The third kappa shape index (κ3) is 3.50. The van der Waals surface area contributed by atoms with Gasteiger partial charge in [-0.3, -0.25) is 14.9 Å². The standard InChI is InChI=1S/C17H11BrF3N3O4/c18-12-5-1-3-10(7-12)14-9-16(26,17(19,20)21)23(22-14)15(25)11-4-2-6-13(8-11)24(27)28/h1-8,26H,9H2/t16-/m1/s1. The molecule has 0 aliphatic carbocycles. The van der Waals surface area contributed by atoms with E-state index >= 15 is 0 Å². The summed E-state index contributed by atoms with van der Waals surface area (Å²) < 4.78 is 41.4. The highest BCUT2D eigenvalue weighted by Gasteiger charge is 2.63. The second-order valence-electron chi connectivity index (χ2n) is 5.97. The lowest BCUT2D eigenvalue weighted by atomic mass is 10.0. The number of hydrogen-bond donors (Lipinski definition) is 1. The third-order valence-corrected chi connectivity index (χ3v) is 4.59. The molecule has 0 bridgehead atoms. The molecule has 0 spiro atoms. The zero-order valence-electron chi connectivity index (χ0n) is 13.9. The maximum Gasteiger partial charge on any atom is 0.438 e.